The number of aryl methyl sites for hydroxylation is 2. The number of aromatic nitrogens is 1. The molecule has 3 rings (SSSR count). The van der Waals surface area contributed by atoms with Crippen LogP contribution in [0.1, 0.15) is 35.1 Å². The lowest BCUT2D eigenvalue weighted by Crippen LogP contribution is -2.28. The topological polar surface area (TPSA) is 42.0 Å². The molecule has 1 atom stereocenters. The van der Waals surface area contributed by atoms with E-state index in [-0.39, 0.29) is 11.8 Å². The van der Waals surface area contributed by atoms with Crippen molar-refractivity contribution in [1.29, 1.82) is 0 Å². The van der Waals surface area contributed by atoms with Crippen LogP contribution in [-0.2, 0) is 11.3 Å². The predicted octanol–water partition coefficient (Wildman–Crippen LogP) is 4.27. The number of hydrogen-bond acceptors (Lipinski definition) is 2. The van der Waals surface area contributed by atoms with Crippen LogP contribution in [0.4, 0.5) is 0 Å². The third-order valence-corrected chi connectivity index (χ3v) is 4.53. The van der Waals surface area contributed by atoms with E-state index in [1.54, 1.807) is 6.20 Å². The van der Waals surface area contributed by atoms with E-state index in [1.165, 1.54) is 11.1 Å². The molecule has 0 saturated carbocycles. The molecule has 3 nitrogen and oxygen atoms in total. The number of nitrogens with zero attached hydrogens (tertiary/aromatic N) is 1. The number of pyridine rings is 1. The molecule has 0 fully saturated rings. The highest BCUT2D eigenvalue weighted by Crippen LogP contribution is 2.25. The Bertz CT molecular complexity index is 881. The fraction of sp³-hybridized carbons (Fsp3) is 0.238. The Labute approximate surface area is 142 Å². The van der Waals surface area contributed by atoms with Gasteiger partial charge in [-0.15, -0.1) is 0 Å². The largest absolute Gasteiger partial charge is 0.351 e. The molecule has 1 amide bonds. The van der Waals surface area contributed by atoms with E-state index in [4.69, 9.17) is 0 Å². The summed E-state index contributed by atoms with van der Waals surface area (Å²) in [5.41, 5.74) is 4.63. The van der Waals surface area contributed by atoms with E-state index < -0.39 is 0 Å². The first-order valence-corrected chi connectivity index (χ1v) is 8.23. The lowest BCUT2D eigenvalue weighted by molar-refractivity contribution is -0.122. The second-order valence-corrected chi connectivity index (χ2v) is 6.31. The Morgan fingerprint density at radius 2 is 2.00 bits per heavy atom. The van der Waals surface area contributed by atoms with Crippen molar-refractivity contribution in [2.24, 2.45) is 0 Å². The van der Waals surface area contributed by atoms with Gasteiger partial charge in [-0.25, -0.2) is 0 Å². The number of benzene rings is 2. The van der Waals surface area contributed by atoms with Crippen LogP contribution in [0.2, 0.25) is 0 Å². The standard InChI is InChI=1S/C21H22N2O/c1-14-7-8-17(15(2)11-14)13-23-21(24)16(3)19-6-4-5-18-12-22-10-9-20(18)19/h4-12,16H,13H2,1-3H3,(H,23,24). The van der Waals surface area contributed by atoms with Crippen LogP contribution in [-0.4, -0.2) is 10.9 Å². The molecule has 24 heavy (non-hydrogen) atoms. The van der Waals surface area contributed by atoms with Gasteiger partial charge in [0, 0.05) is 24.3 Å². The molecule has 3 aromatic rings. The molecule has 1 unspecified atom stereocenters. The molecule has 122 valence electrons. The molecular formula is C21H22N2O. The van der Waals surface area contributed by atoms with Crippen molar-refractivity contribution >= 4 is 16.7 Å². The Morgan fingerprint density at radius 3 is 2.79 bits per heavy atom. The van der Waals surface area contributed by atoms with Crippen molar-refractivity contribution in [1.82, 2.24) is 10.3 Å². The minimum absolute atomic E-state index is 0.0410. The molecule has 0 radical (unpaired) electrons. The van der Waals surface area contributed by atoms with E-state index >= 15 is 0 Å². The molecule has 0 bridgehead atoms. The highest BCUT2D eigenvalue weighted by Gasteiger charge is 2.17. The van der Waals surface area contributed by atoms with Crippen molar-refractivity contribution in [3.63, 3.8) is 0 Å². The van der Waals surface area contributed by atoms with Crippen LogP contribution >= 0.6 is 0 Å². The maximum atomic E-state index is 12.6. The summed E-state index contributed by atoms with van der Waals surface area (Å²) in [4.78, 5) is 16.8. The van der Waals surface area contributed by atoms with Crippen LogP contribution in [0.15, 0.2) is 54.9 Å². The van der Waals surface area contributed by atoms with E-state index in [0.29, 0.717) is 6.54 Å². The lowest BCUT2D eigenvalue weighted by atomic mass is 9.95. The van der Waals surface area contributed by atoms with E-state index in [1.807, 2.05) is 37.4 Å². The average Bonchev–Trinajstić information content (AvgIpc) is 2.59. The van der Waals surface area contributed by atoms with E-state index in [2.05, 4.69) is 42.3 Å². The normalized spacial score (nSPS) is 12.1. The van der Waals surface area contributed by atoms with Crippen molar-refractivity contribution in [2.45, 2.75) is 33.2 Å². The van der Waals surface area contributed by atoms with Gasteiger partial charge in [0.25, 0.3) is 0 Å². The van der Waals surface area contributed by atoms with Gasteiger partial charge in [-0.2, -0.15) is 0 Å². The van der Waals surface area contributed by atoms with Crippen molar-refractivity contribution < 1.29 is 4.79 Å². The summed E-state index contributed by atoms with van der Waals surface area (Å²) in [6.07, 6.45) is 3.60. The van der Waals surface area contributed by atoms with Crippen molar-refractivity contribution in [3.05, 3.63) is 77.1 Å². The SMILES string of the molecule is Cc1ccc(CNC(=O)C(C)c2cccc3cnccc23)c(C)c1. The Balaban J connectivity index is 1.77. The molecule has 1 N–H and O–H groups in total. The summed E-state index contributed by atoms with van der Waals surface area (Å²) < 4.78 is 0. The van der Waals surface area contributed by atoms with Crippen LogP contribution in [0.25, 0.3) is 10.8 Å². The Hall–Kier alpha value is -2.68. The van der Waals surface area contributed by atoms with Gasteiger partial charge in [0.05, 0.1) is 5.92 Å². The smallest absolute Gasteiger partial charge is 0.227 e. The number of carbonyl (C=O) groups excluding carboxylic acids is 1. The minimum Gasteiger partial charge on any atom is -0.351 e. The zero-order valence-electron chi connectivity index (χ0n) is 14.3. The van der Waals surface area contributed by atoms with E-state index in [9.17, 15) is 4.79 Å². The molecule has 3 heteroatoms. The summed E-state index contributed by atoms with van der Waals surface area (Å²) in [5.74, 6) is -0.166. The fourth-order valence-electron chi connectivity index (χ4n) is 3.05. The fourth-order valence-corrected chi connectivity index (χ4v) is 3.05. The van der Waals surface area contributed by atoms with Crippen LogP contribution in [0.5, 0.6) is 0 Å². The summed E-state index contributed by atoms with van der Waals surface area (Å²) in [7, 11) is 0. The first kappa shape index (κ1) is 16.2. The number of fused-ring (bicyclic) bond motifs is 1. The summed E-state index contributed by atoms with van der Waals surface area (Å²) in [6.45, 7) is 6.66. The molecule has 1 aromatic heterocycles. The van der Waals surface area contributed by atoms with Gasteiger partial charge in [-0.05, 0) is 48.9 Å². The number of nitrogens with one attached hydrogen (secondary N) is 1. The van der Waals surface area contributed by atoms with Crippen LogP contribution in [0.3, 0.4) is 0 Å². The maximum absolute atomic E-state index is 12.6. The Kier molecular flexibility index (Phi) is 4.61. The van der Waals surface area contributed by atoms with Crippen LogP contribution < -0.4 is 5.32 Å². The van der Waals surface area contributed by atoms with Crippen molar-refractivity contribution in [3.8, 4) is 0 Å². The molecule has 1 heterocycles. The van der Waals surface area contributed by atoms with Gasteiger partial charge in [0.15, 0.2) is 0 Å². The molecule has 2 aromatic carbocycles. The zero-order chi connectivity index (χ0) is 17.1. The zero-order valence-corrected chi connectivity index (χ0v) is 14.3. The number of rotatable bonds is 4. The van der Waals surface area contributed by atoms with Crippen molar-refractivity contribution in [2.75, 3.05) is 0 Å². The van der Waals surface area contributed by atoms with E-state index in [0.717, 1.165) is 21.9 Å². The second kappa shape index (κ2) is 6.83. The van der Waals surface area contributed by atoms with Gasteiger partial charge in [-0.3, -0.25) is 9.78 Å². The second-order valence-electron chi connectivity index (χ2n) is 6.31. The predicted molar refractivity (Wildman–Crippen MR) is 97.9 cm³/mol. The highest BCUT2D eigenvalue weighted by molar-refractivity contribution is 5.92. The molecule has 0 aliphatic heterocycles. The van der Waals surface area contributed by atoms with Gasteiger partial charge in [-0.1, -0.05) is 42.0 Å². The van der Waals surface area contributed by atoms with Gasteiger partial charge < -0.3 is 5.32 Å². The Morgan fingerprint density at radius 1 is 1.17 bits per heavy atom. The first-order chi connectivity index (χ1) is 11.6. The summed E-state index contributed by atoms with van der Waals surface area (Å²) >= 11 is 0. The van der Waals surface area contributed by atoms with Gasteiger partial charge in [0.1, 0.15) is 0 Å². The monoisotopic (exact) mass is 318 g/mol. The molecule has 0 spiro atoms. The highest BCUT2D eigenvalue weighted by atomic mass is 16.1. The summed E-state index contributed by atoms with van der Waals surface area (Å²) in [6, 6.07) is 14.3. The van der Waals surface area contributed by atoms with Crippen LogP contribution in [0, 0.1) is 13.8 Å². The van der Waals surface area contributed by atoms with Gasteiger partial charge >= 0.3 is 0 Å². The maximum Gasteiger partial charge on any atom is 0.227 e. The third-order valence-electron chi connectivity index (χ3n) is 4.53. The third kappa shape index (κ3) is 3.30. The lowest BCUT2D eigenvalue weighted by Gasteiger charge is -2.15. The first-order valence-electron chi connectivity index (χ1n) is 8.23. The minimum atomic E-state index is -0.207. The number of amides is 1. The summed E-state index contributed by atoms with van der Waals surface area (Å²) in [5, 5.41) is 5.21. The molecule has 0 aliphatic rings. The number of carbonyl (C=O) groups is 1. The molecule has 0 aliphatic carbocycles. The van der Waals surface area contributed by atoms with Gasteiger partial charge in [0.2, 0.25) is 5.91 Å². The molecular weight excluding hydrogens is 296 g/mol. The average molecular weight is 318 g/mol. The molecule has 0 saturated heterocycles. The number of hydrogen-bond donors (Lipinski definition) is 1. The quantitative estimate of drug-likeness (QED) is 0.780.